The molecule has 0 bridgehead atoms. The smallest absolute Gasteiger partial charge is 0.257 e. The van der Waals surface area contributed by atoms with Crippen molar-refractivity contribution < 1.29 is 33.3 Å². The molecule has 2 atom stereocenters. The molecule has 2 aliphatic rings. The topological polar surface area (TPSA) is 105 Å². The number of ether oxygens (including phenoxy) is 2. The lowest BCUT2D eigenvalue weighted by atomic mass is 9.72. The summed E-state index contributed by atoms with van der Waals surface area (Å²) >= 11 is 12.1. The third-order valence-corrected chi connectivity index (χ3v) is 8.36. The second kappa shape index (κ2) is 11.5. The number of benzene rings is 2. The molecule has 2 aromatic carbocycles. The number of amides is 1. The van der Waals surface area contributed by atoms with Crippen molar-refractivity contribution in [1.29, 1.82) is 0 Å². The molecular formula is C29H29Cl2F2N3O5. The van der Waals surface area contributed by atoms with Crippen molar-refractivity contribution in [2.24, 2.45) is 0 Å². The highest BCUT2D eigenvalue weighted by molar-refractivity contribution is 6.30. The SMILES string of the molecule is CC[C@@](O)(c1cc(F)c2c(c1)C(=O)N(Cc1ncc(Cl)cn1)[C@@]2(OCCO)c1ccc(Cl)cc1)C1(F)CCOCC1. The van der Waals surface area contributed by atoms with Crippen LogP contribution in [0.25, 0.3) is 0 Å². The van der Waals surface area contributed by atoms with Gasteiger partial charge in [0.2, 0.25) is 0 Å². The van der Waals surface area contributed by atoms with E-state index in [0.29, 0.717) is 10.6 Å². The Hall–Kier alpha value is -2.73. The predicted octanol–water partition coefficient (Wildman–Crippen LogP) is 4.90. The summed E-state index contributed by atoms with van der Waals surface area (Å²) in [6.07, 6.45) is 2.49. The second-order valence-electron chi connectivity index (χ2n) is 10.1. The fraction of sp³-hybridized carbons (Fsp3) is 0.414. The van der Waals surface area contributed by atoms with Crippen LogP contribution >= 0.6 is 23.2 Å². The normalized spacial score (nSPS) is 21.5. The molecule has 2 N–H and O–H groups in total. The zero-order valence-corrected chi connectivity index (χ0v) is 23.8. The monoisotopic (exact) mass is 607 g/mol. The fourth-order valence-corrected chi connectivity index (χ4v) is 6.04. The van der Waals surface area contributed by atoms with Gasteiger partial charge in [-0.1, -0.05) is 42.3 Å². The van der Waals surface area contributed by atoms with Crippen LogP contribution in [0.3, 0.4) is 0 Å². The molecule has 0 aliphatic carbocycles. The number of fused-ring (bicyclic) bond motifs is 1. The van der Waals surface area contributed by atoms with Gasteiger partial charge in [0, 0.05) is 49.0 Å². The van der Waals surface area contributed by atoms with Crippen LogP contribution in [0, 0.1) is 5.82 Å². The van der Waals surface area contributed by atoms with Crippen LogP contribution in [-0.2, 0) is 27.3 Å². The number of aliphatic hydroxyl groups excluding tert-OH is 1. The van der Waals surface area contributed by atoms with Gasteiger partial charge >= 0.3 is 0 Å². The van der Waals surface area contributed by atoms with E-state index in [0.717, 1.165) is 6.07 Å². The lowest BCUT2D eigenvalue weighted by Gasteiger charge is -2.44. The number of hydrogen-bond acceptors (Lipinski definition) is 7. The summed E-state index contributed by atoms with van der Waals surface area (Å²) in [4.78, 5) is 23.8. The third kappa shape index (κ3) is 5.00. The quantitative estimate of drug-likeness (QED) is 0.356. The van der Waals surface area contributed by atoms with Gasteiger partial charge in [0.25, 0.3) is 5.91 Å². The van der Waals surface area contributed by atoms with Crippen molar-refractivity contribution in [3.63, 3.8) is 0 Å². The molecule has 1 aromatic heterocycles. The van der Waals surface area contributed by atoms with Crippen LogP contribution in [-0.4, -0.2) is 63.1 Å². The highest BCUT2D eigenvalue weighted by Gasteiger charge is 2.57. The van der Waals surface area contributed by atoms with Crippen LogP contribution in [0.1, 0.15) is 59.1 Å². The average molecular weight is 608 g/mol. The lowest BCUT2D eigenvalue weighted by Crippen LogP contribution is -2.51. The number of carbonyl (C=O) groups excluding carboxylic acids is 1. The van der Waals surface area contributed by atoms with Gasteiger partial charge in [0.1, 0.15) is 22.9 Å². The lowest BCUT2D eigenvalue weighted by molar-refractivity contribution is -0.155. The molecule has 3 heterocycles. The van der Waals surface area contributed by atoms with Gasteiger partial charge in [-0.2, -0.15) is 0 Å². The number of aromatic nitrogens is 2. The highest BCUT2D eigenvalue weighted by Crippen LogP contribution is 2.51. The zero-order valence-electron chi connectivity index (χ0n) is 22.2. The second-order valence-corrected chi connectivity index (χ2v) is 11.0. The van der Waals surface area contributed by atoms with Crippen molar-refractivity contribution in [3.05, 3.63) is 92.7 Å². The van der Waals surface area contributed by atoms with E-state index in [4.69, 9.17) is 32.7 Å². The van der Waals surface area contributed by atoms with Crippen LogP contribution in [0.4, 0.5) is 8.78 Å². The summed E-state index contributed by atoms with van der Waals surface area (Å²) in [5.41, 5.74) is -6.04. The van der Waals surface area contributed by atoms with E-state index < -0.39 is 35.3 Å². The molecule has 0 unspecified atom stereocenters. The molecule has 41 heavy (non-hydrogen) atoms. The Morgan fingerprint density at radius 2 is 1.78 bits per heavy atom. The minimum absolute atomic E-state index is 0.0641. The maximum absolute atomic E-state index is 16.5. The van der Waals surface area contributed by atoms with Crippen LogP contribution in [0.5, 0.6) is 0 Å². The Balaban J connectivity index is 1.73. The Labute approximate surface area is 245 Å². The molecular weight excluding hydrogens is 579 g/mol. The minimum Gasteiger partial charge on any atom is -0.394 e. The summed E-state index contributed by atoms with van der Waals surface area (Å²) in [7, 11) is 0. The number of halogens is 4. The Morgan fingerprint density at radius 3 is 2.39 bits per heavy atom. The third-order valence-electron chi connectivity index (χ3n) is 7.91. The maximum atomic E-state index is 16.5. The molecule has 0 spiro atoms. The van der Waals surface area contributed by atoms with Gasteiger partial charge in [-0.15, -0.1) is 0 Å². The number of nitrogens with zero attached hydrogens (tertiary/aromatic N) is 3. The molecule has 1 fully saturated rings. The zero-order chi connectivity index (χ0) is 29.4. The van der Waals surface area contributed by atoms with Gasteiger partial charge in [0.15, 0.2) is 5.72 Å². The van der Waals surface area contributed by atoms with Gasteiger partial charge in [-0.3, -0.25) is 9.69 Å². The first-order chi connectivity index (χ1) is 19.6. The summed E-state index contributed by atoms with van der Waals surface area (Å²) in [5, 5.41) is 22.1. The van der Waals surface area contributed by atoms with Crippen molar-refractivity contribution in [2.75, 3.05) is 26.4 Å². The number of hydrogen-bond donors (Lipinski definition) is 2. The number of alkyl halides is 1. The van der Waals surface area contributed by atoms with Gasteiger partial charge < -0.3 is 19.7 Å². The van der Waals surface area contributed by atoms with E-state index in [1.807, 2.05) is 0 Å². The van der Waals surface area contributed by atoms with Gasteiger partial charge in [-0.05, 0) is 36.2 Å². The van der Waals surface area contributed by atoms with Crippen LogP contribution in [0.15, 0.2) is 48.8 Å². The molecule has 3 aromatic rings. The summed E-state index contributed by atoms with van der Waals surface area (Å²) in [6, 6.07) is 8.71. The summed E-state index contributed by atoms with van der Waals surface area (Å²) in [5.74, 6) is -1.36. The molecule has 0 saturated carbocycles. The minimum atomic E-state index is -2.10. The molecule has 12 heteroatoms. The van der Waals surface area contributed by atoms with E-state index >= 15 is 8.78 Å². The Morgan fingerprint density at radius 1 is 1.12 bits per heavy atom. The first kappa shape index (κ1) is 29.8. The van der Waals surface area contributed by atoms with Gasteiger partial charge in [-0.25, -0.2) is 18.7 Å². The molecule has 5 rings (SSSR count). The largest absolute Gasteiger partial charge is 0.394 e. The van der Waals surface area contributed by atoms with Crippen molar-refractivity contribution >= 4 is 29.1 Å². The first-order valence-corrected chi connectivity index (χ1v) is 14.0. The number of carbonyl (C=O) groups is 1. The van der Waals surface area contributed by atoms with E-state index in [2.05, 4.69) is 9.97 Å². The van der Waals surface area contributed by atoms with Gasteiger partial charge in [0.05, 0.1) is 35.9 Å². The van der Waals surface area contributed by atoms with Crippen LogP contribution in [0.2, 0.25) is 10.0 Å². The Kier molecular flexibility index (Phi) is 8.35. The predicted molar refractivity (Wildman–Crippen MR) is 147 cm³/mol. The molecule has 0 radical (unpaired) electrons. The number of rotatable bonds is 9. The standard InChI is InChI=1S/C29H29Cl2F2N3O5/c1-2-28(39,27(33)7-10-40-11-8-27)19-13-22-25(23(32)14-19)29(41-12-9-37,18-3-5-20(30)6-4-18)36(26(22)38)17-24-34-15-21(31)16-35-24/h3-6,13-16,37,39H,2,7-12,17H2,1H3/t28-,29-/m1/s1. The van der Waals surface area contributed by atoms with E-state index in [1.54, 1.807) is 31.2 Å². The first-order valence-electron chi connectivity index (χ1n) is 13.2. The van der Waals surface area contributed by atoms with E-state index in [-0.39, 0.29) is 73.2 Å². The van der Waals surface area contributed by atoms with Crippen molar-refractivity contribution in [2.45, 2.75) is 49.7 Å². The van der Waals surface area contributed by atoms with Crippen molar-refractivity contribution in [3.8, 4) is 0 Å². The maximum Gasteiger partial charge on any atom is 0.257 e. The van der Waals surface area contributed by atoms with E-state index in [9.17, 15) is 15.0 Å². The van der Waals surface area contributed by atoms with Crippen LogP contribution < -0.4 is 0 Å². The summed E-state index contributed by atoms with van der Waals surface area (Å²) in [6.45, 7) is 0.905. The highest BCUT2D eigenvalue weighted by atomic mass is 35.5. The molecule has 1 saturated heterocycles. The molecule has 218 valence electrons. The van der Waals surface area contributed by atoms with E-state index in [1.165, 1.54) is 23.4 Å². The Bertz CT molecular complexity index is 1420. The molecule has 8 nitrogen and oxygen atoms in total. The number of aliphatic hydroxyl groups is 2. The van der Waals surface area contributed by atoms with Crippen molar-refractivity contribution in [1.82, 2.24) is 14.9 Å². The molecule has 1 amide bonds. The fourth-order valence-electron chi connectivity index (χ4n) is 5.82. The molecule has 2 aliphatic heterocycles. The average Bonchev–Trinajstić information content (AvgIpc) is 3.21. The summed E-state index contributed by atoms with van der Waals surface area (Å²) < 4.78 is 44.2.